The largest absolute Gasteiger partial charge is 0.350 e. The smallest absolute Gasteiger partial charge is 0.264 e. The molecule has 0 saturated heterocycles. The molecule has 7 nitrogen and oxygen atoms in total. The van der Waals surface area contributed by atoms with Crippen LogP contribution in [0.5, 0.6) is 0 Å². The van der Waals surface area contributed by atoms with Crippen molar-refractivity contribution in [3.05, 3.63) is 93.1 Å². The molecule has 0 aliphatic rings. The van der Waals surface area contributed by atoms with Crippen LogP contribution in [0.2, 0.25) is 5.02 Å². The third-order valence-corrected chi connectivity index (χ3v) is 4.99. The maximum absolute atomic E-state index is 12.8. The van der Waals surface area contributed by atoms with Crippen molar-refractivity contribution in [2.24, 2.45) is 0 Å². The topological polar surface area (TPSA) is 81.8 Å². The van der Waals surface area contributed by atoms with Gasteiger partial charge in [0.25, 0.3) is 11.5 Å². The van der Waals surface area contributed by atoms with Crippen LogP contribution in [0.25, 0.3) is 11.0 Å². The highest BCUT2D eigenvalue weighted by atomic mass is 35.5. The van der Waals surface area contributed by atoms with E-state index in [2.05, 4.69) is 15.4 Å². The van der Waals surface area contributed by atoms with Crippen molar-refractivity contribution in [1.82, 2.24) is 24.6 Å². The van der Waals surface area contributed by atoms with Crippen LogP contribution in [0, 0.1) is 6.92 Å². The Balaban J connectivity index is 1.46. The maximum Gasteiger partial charge on any atom is 0.264 e. The highest BCUT2D eigenvalue weighted by Crippen LogP contribution is 2.11. The van der Waals surface area contributed by atoms with Crippen molar-refractivity contribution in [2.75, 3.05) is 6.54 Å². The molecule has 0 saturated carbocycles. The molecular formula is C22H20ClN5O2. The summed E-state index contributed by atoms with van der Waals surface area (Å²) in [7, 11) is 0. The summed E-state index contributed by atoms with van der Waals surface area (Å²) in [4.78, 5) is 29.5. The van der Waals surface area contributed by atoms with Crippen LogP contribution in [0.4, 0.5) is 0 Å². The zero-order valence-corrected chi connectivity index (χ0v) is 17.1. The summed E-state index contributed by atoms with van der Waals surface area (Å²) in [6, 6.07) is 14.8. The van der Waals surface area contributed by atoms with E-state index in [1.165, 1.54) is 12.5 Å². The molecule has 2 aromatic carbocycles. The van der Waals surface area contributed by atoms with Gasteiger partial charge in [-0.15, -0.1) is 0 Å². The molecule has 0 aliphatic carbocycles. The summed E-state index contributed by atoms with van der Waals surface area (Å²) < 4.78 is 3.19. The molecule has 4 aromatic rings. The molecule has 0 atom stereocenters. The number of aryl methyl sites for hydroxylation is 1. The molecule has 30 heavy (non-hydrogen) atoms. The van der Waals surface area contributed by atoms with E-state index in [0.717, 1.165) is 11.1 Å². The summed E-state index contributed by atoms with van der Waals surface area (Å²) in [6.45, 7) is 3.20. The standard InChI is InChI=1S/C22H20ClN5O2/c1-15-4-2-5-16(10-15)13-27-14-25-20-19(22(27)30)12-26-28(20)9-8-24-21(29)17-6-3-7-18(23)11-17/h2-7,10-12,14H,8-9,13H2,1H3,(H,24,29). The monoisotopic (exact) mass is 421 g/mol. The Kier molecular flexibility index (Phi) is 5.63. The summed E-state index contributed by atoms with van der Waals surface area (Å²) in [5.74, 6) is -0.220. The average Bonchev–Trinajstić information content (AvgIpc) is 3.14. The predicted octanol–water partition coefficient (Wildman–Crippen LogP) is 3.03. The predicted molar refractivity (Wildman–Crippen MR) is 116 cm³/mol. The van der Waals surface area contributed by atoms with Gasteiger partial charge in [0.15, 0.2) is 5.65 Å². The fraction of sp³-hybridized carbons (Fsp3) is 0.182. The second kappa shape index (κ2) is 8.51. The lowest BCUT2D eigenvalue weighted by molar-refractivity contribution is 0.0952. The van der Waals surface area contributed by atoms with Gasteiger partial charge < -0.3 is 5.32 Å². The van der Waals surface area contributed by atoms with E-state index in [4.69, 9.17) is 11.6 Å². The zero-order valence-electron chi connectivity index (χ0n) is 16.4. The lowest BCUT2D eigenvalue weighted by Crippen LogP contribution is -2.27. The molecular weight excluding hydrogens is 402 g/mol. The second-order valence-electron chi connectivity index (χ2n) is 7.04. The van der Waals surface area contributed by atoms with Crippen molar-refractivity contribution in [1.29, 1.82) is 0 Å². The van der Waals surface area contributed by atoms with Gasteiger partial charge in [-0.2, -0.15) is 5.10 Å². The molecule has 2 aromatic heterocycles. The van der Waals surface area contributed by atoms with E-state index in [1.807, 2.05) is 31.2 Å². The highest BCUT2D eigenvalue weighted by Gasteiger charge is 2.11. The number of carbonyl (C=O) groups excluding carboxylic acids is 1. The maximum atomic E-state index is 12.8. The average molecular weight is 422 g/mol. The minimum atomic E-state index is -0.220. The number of amides is 1. The molecule has 0 fully saturated rings. The van der Waals surface area contributed by atoms with Gasteiger partial charge in [-0.05, 0) is 30.7 Å². The first-order chi connectivity index (χ1) is 14.5. The molecule has 8 heteroatoms. The van der Waals surface area contributed by atoms with Crippen LogP contribution in [-0.2, 0) is 13.1 Å². The molecule has 1 N–H and O–H groups in total. The summed E-state index contributed by atoms with van der Waals surface area (Å²) in [5, 5.41) is 8.05. The van der Waals surface area contributed by atoms with Gasteiger partial charge in [0.1, 0.15) is 11.7 Å². The number of hydrogen-bond donors (Lipinski definition) is 1. The Morgan fingerprint density at radius 2 is 2.00 bits per heavy atom. The molecule has 2 heterocycles. The fourth-order valence-corrected chi connectivity index (χ4v) is 3.48. The number of benzene rings is 2. The Morgan fingerprint density at radius 1 is 1.17 bits per heavy atom. The highest BCUT2D eigenvalue weighted by molar-refractivity contribution is 6.30. The van der Waals surface area contributed by atoms with E-state index in [9.17, 15) is 9.59 Å². The van der Waals surface area contributed by atoms with Crippen molar-refractivity contribution >= 4 is 28.5 Å². The minimum Gasteiger partial charge on any atom is -0.350 e. The van der Waals surface area contributed by atoms with Crippen LogP contribution < -0.4 is 10.9 Å². The number of fused-ring (bicyclic) bond motifs is 1. The zero-order chi connectivity index (χ0) is 21.1. The number of nitrogens with zero attached hydrogens (tertiary/aromatic N) is 4. The van der Waals surface area contributed by atoms with Crippen LogP contribution in [0.3, 0.4) is 0 Å². The van der Waals surface area contributed by atoms with E-state index >= 15 is 0 Å². The van der Waals surface area contributed by atoms with Crippen molar-refractivity contribution < 1.29 is 4.79 Å². The number of halogens is 1. The fourth-order valence-electron chi connectivity index (χ4n) is 3.29. The lowest BCUT2D eigenvalue weighted by Gasteiger charge is -2.08. The van der Waals surface area contributed by atoms with E-state index in [1.54, 1.807) is 33.5 Å². The molecule has 0 bridgehead atoms. The van der Waals surface area contributed by atoms with Crippen molar-refractivity contribution in [3.63, 3.8) is 0 Å². The second-order valence-corrected chi connectivity index (χ2v) is 7.47. The number of nitrogens with one attached hydrogen (secondary N) is 1. The number of aromatic nitrogens is 4. The Labute approximate surface area is 177 Å². The van der Waals surface area contributed by atoms with Gasteiger partial charge in [0.05, 0.1) is 19.3 Å². The third kappa shape index (κ3) is 4.26. The number of carbonyl (C=O) groups is 1. The van der Waals surface area contributed by atoms with Crippen molar-refractivity contribution in [2.45, 2.75) is 20.0 Å². The van der Waals surface area contributed by atoms with Crippen LogP contribution in [0.15, 0.2) is 65.8 Å². The van der Waals surface area contributed by atoms with Crippen molar-refractivity contribution in [3.8, 4) is 0 Å². The molecule has 1 amide bonds. The normalized spacial score (nSPS) is 11.0. The van der Waals surface area contributed by atoms with E-state index in [-0.39, 0.29) is 11.5 Å². The summed E-state index contributed by atoms with van der Waals surface area (Å²) in [5.41, 5.74) is 3.02. The minimum absolute atomic E-state index is 0.143. The number of hydrogen-bond acceptors (Lipinski definition) is 4. The van der Waals surface area contributed by atoms with Gasteiger partial charge in [0, 0.05) is 17.1 Å². The molecule has 4 rings (SSSR count). The van der Waals surface area contributed by atoms with Gasteiger partial charge in [-0.3, -0.25) is 14.2 Å². The molecule has 0 radical (unpaired) electrons. The van der Waals surface area contributed by atoms with Crippen LogP contribution in [-0.4, -0.2) is 31.8 Å². The first-order valence-electron chi connectivity index (χ1n) is 9.51. The van der Waals surface area contributed by atoms with Gasteiger partial charge >= 0.3 is 0 Å². The van der Waals surface area contributed by atoms with Gasteiger partial charge in [-0.1, -0.05) is 47.5 Å². The SMILES string of the molecule is Cc1cccc(Cn2cnc3c(cnn3CCNC(=O)c3cccc(Cl)c3)c2=O)c1. The molecule has 0 spiro atoms. The first kappa shape index (κ1) is 19.8. The summed E-state index contributed by atoms with van der Waals surface area (Å²) >= 11 is 5.92. The third-order valence-electron chi connectivity index (χ3n) is 4.75. The first-order valence-corrected chi connectivity index (χ1v) is 9.89. The summed E-state index contributed by atoms with van der Waals surface area (Å²) in [6.07, 6.45) is 3.06. The Hall–Kier alpha value is -3.45. The van der Waals surface area contributed by atoms with E-state index in [0.29, 0.717) is 41.3 Å². The van der Waals surface area contributed by atoms with Crippen LogP contribution in [0.1, 0.15) is 21.5 Å². The quantitative estimate of drug-likeness (QED) is 0.518. The molecule has 152 valence electrons. The molecule has 0 aliphatic heterocycles. The van der Waals surface area contributed by atoms with Gasteiger partial charge in [0.2, 0.25) is 0 Å². The van der Waals surface area contributed by atoms with E-state index < -0.39 is 0 Å². The lowest BCUT2D eigenvalue weighted by atomic mass is 10.1. The Bertz CT molecular complexity index is 1280. The molecule has 0 unspecified atom stereocenters. The Morgan fingerprint density at radius 3 is 2.80 bits per heavy atom. The van der Waals surface area contributed by atoms with Gasteiger partial charge in [-0.25, -0.2) is 9.67 Å². The number of rotatable bonds is 6. The van der Waals surface area contributed by atoms with Crippen LogP contribution >= 0.6 is 11.6 Å².